The molecule has 0 aliphatic carbocycles. The van der Waals surface area contributed by atoms with Crippen molar-refractivity contribution >= 4 is 17.7 Å². The Morgan fingerprint density at radius 2 is 2.18 bits per heavy atom. The molecule has 0 aliphatic heterocycles. The maximum absolute atomic E-state index is 10.5. The van der Waals surface area contributed by atoms with Gasteiger partial charge in [-0.2, -0.15) is 0 Å². The molecular formula is C10H17N3O3S. The lowest BCUT2D eigenvalue weighted by Crippen LogP contribution is -2.25. The van der Waals surface area contributed by atoms with E-state index in [2.05, 4.69) is 10.2 Å². The van der Waals surface area contributed by atoms with Crippen LogP contribution in [0.2, 0.25) is 0 Å². The van der Waals surface area contributed by atoms with Crippen molar-refractivity contribution in [2.24, 2.45) is 0 Å². The second-order valence-corrected chi connectivity index (χ2v) is 4.89. The number of aromatic nitrogens is 3. The molecule has 1 N–H and O–H groups in total. The molecule has 1 heterocycles. The molecule has 6 nitrogen and oxygen atoms in total. The number of thioether (sulfide) groups is 1. The van der Waals surface area contributed by atoms with Gasteiger partial charge in [-0.25, -0.2) is 0 Å². The number of carboxylic acids is 1. The Balaban J connectivity index is 2.99. The zero-order valence-corrected chi connectivity index (χ0v) is 11.2. The van der Waals surface area contributed by atoms with Gasteiger partial charge in [0.1, 0.15) is 5.60 Å². The summed E-state index contributed by atoms with van der Waals surface area (Å²) in [5.41, 5.74) is -0.537. The lowest BCUT2D eigenvalue weighted by molar-refractivity contribution is -0.133. The van der Waals surface area contributed by atoms with Gasteiger partial charge in [0.2, 0.25) is 0 Å². The van der Waals surface area contributed by atoms with E-state index < -0.39 is 11.6 Å². The largest absolute Gasteiger partial charge is 0.481 e. The maximum atomic E-state index is 10.5. The van der Waals surface area contributed by atoms with Crippen LogP contribution in [0.3, 0.4) is 0 Å². The highest BCUT2D eigenvalue weighted by atomic mass is 32.2. The number of carboxylic acid groups (broad SMARTS) is 1. The topological polar surface area (TPSA) is 77.2 Å². The molecular weight excluding hydrogens is 242 g/mol. The standard InChI is InChI=1S/C10H17N3O3S/c1-5-13-8(10(2,3)16-4)11-12-9(13)17-6-7(14)15/h5-6H2,1-4H3,(H,14,15). The first-order chi connectivity index (χ1) is 7.92. The van der Waals surface area contributed by atoms with Crippen LogP contribution in [-0.4, -0.2) is 38.7 Å². The Labute approximate surface area is 104 Å². The van der Waals surface area contributed by atoms with E-state index in [0.717, 1.165) is 11.8 Å². The minimum absolute atomic E-state index is 0.0223. The minimum Gasteiger partial charge on any atom is -0.481 e. The molecule has 0 unspecified atom stereocenters. The fraction of sp³-hybridized carbons (Fsp3) is 0.700. The van der Waals surface area contributed by atoms with Crippen molar-refractivity contribution in [3.8, 4) is 0 Å². The number of rotatable bonds is 6. The Morgan fingerprint density at radius 1 is 1.53 bits per heavy atom. The third-order valence-corrected chi connectivity index (χ3v) is 3.36. The van der Waals surface area contributed by atoms with Crippen LogP contribution >= 0.6 is 11.8 Å². The summed E-state index contributed by atoms with van der Waals surface area (Å²) in [6.45, 7) is 6.43. The Kier molecular flexibility index (Phi) is 4.53. The number of hydrogen-bond acceptors (Lipinski definition) is 5. The SMILES string of the molecule is CCn1c(SCC(=O)O)nnc1C(C)(C)OC. The van der Waals surface area contributed by atoms with Crippen molar-refractivity contribution in [1.29, 1.82) is 0 Å². The van der Waals surface area contributed by atoms with E-state index in [1.54, 1.807) is 7.11 Å². The summed E-state index contributed by atoms with van der Waals surface area (Å²) in [4.78, 5) is 10.5. The van der Waals surface area contributed by atoms with E-state index in [1.165, 1.54) is 0 Å². The first-order valence-electron chi connectivity index (χ1n) is 5.25. The number of methoxy groups -OCH3 is 1. The molecule has 96 valence electrons. The summed E-state index contributed by atoms with van der Waals surface area (Å²) in [6, 6.07) is 0. The lowest BCUT2D eigenvalue weighted by Gasteiger charge is -2.22. The van der Waals surface area contributed by atoms with E-state index in [1.807, 2.05) is 25.3 Å². The van der Waals surface area contributed by atoms with E-state index in [4.69, 9.17) is 9.84 Å². The van der Waals surface area contributed by atoms with Gasteiger partial charge in [0.05, 0.1) is 5.75 Å². The molecule has 7 heteroatoms. The molecule has 0 spiro atoms. The van der Waals surface area contributed by atoms with Gasteiger partial charge in [0, 0.05) is 13.7 Å². The van der Waals surface area contributed by atoms with Gasteiger partial charge >= 0.3 is 5.97 Å². The monoisotopic (exact) mass is 259 g/mol. The molecule has 0 aliphatic rings. The average Bonchev–Trinajstić information content (AvgIpc) is 2.69. The molecule has 0 bridgehead atoms. The van der Waals surface area contributed by atoms with Crippen LogP contribution in [0.15, 0.2) is 5.16 Å². The zero-order chi connectivity index (χ0) is 13.1. The molecule has 1 rings (SSSR count). The van der Waals surface area contributed by atoms with Crippen molar-refractivity contribution in [2.75, 3.05) is 12.9 Å². The van der Waals surface area contributed by atoms with Crippen LogP contribution in [-0.2, 0) is 21.7 Å². The lowest BCUT2D eigenvalue weighted by atomic mass is 10.1. The number of hydrogen-bond donors (Lipinski definition) is 1. The quantitative estimate of drug-likeness (QED) is 0.777. The highest BCUT2D eigenvalue weighted by molar-refractivity contribution is 7.99. The number of carbonyl (C=O) groups is 1. The van der Waals surface area contributed by atoms with Crippen molar-refractivity contribution in [3.63, 3.8) is 0 Å². The molecule has 0 amide bonds. The first-order valence-corrected chi connectivity index (χ1v) is 6.24. The zero-order valence-electron chi connectivity index (χ0n) is 10.4. The van der Waals surface area contributed by atoms with Crippen LogP contribution in [0.5, 0.6) is 0 Å². The van der Waals surface area contributed by atoms with Crippen molar-refractivity contribution < 1.29 is 14.6 Å². The van der Waals surface area contributed by atoms with Crippen LogP contribution in [0.1, 0.15) is 26.6 Å². The molecule has 0 saturated heterocycles. The van der Waals surface area contributed by atoms with Crippen molar-refractivity contribution in [2.45, 2.75) is 38.1 Å². The Hall–Kier alpha value is -1.08. The van der Waals surface area contributed by atoms with Crippen LogP contribution in [0.25, 0.3) is 0 Å². The van der Waals surface area contributed by atoms with E-state index >= 15 is 0 Å². The molecule has 0 fully saturated rings. The van der Waals surface area contributed by atoms with Gasteiger partial charge in [-0.3, -0.25) is 4.79 Å². The third-order valence-electron chi connectivity index (χ3n) is 2.41. The average molecular weight is 259 g/mol. The normalized spacial score (nSPS) is 11.8. The minimum atomic E-state index is -0.867. The van der Waals surface area contributed by atoms with Crippen molar-refractivity contribution in [1.82, 2.24) is 14.8 Å². The smallest absolute Gasteiger partial charge is 0.313 e. The van der Waals surface area contributed by atoms with Gasteiger partial charge in [-0.05, 0) is 20.8 Å². The molecule has 1 aromatic heterocycles. The van der Waals surface area contributed by atoms with E-state index in [9.17, 15) is 4.79 Å². The van der Waals surface area contributed by atoms with Crippen LogP contribution in [0.4, 0.5) is 0 Å². The highest BCUT2D eigenvalue weighted by Gasteiger charge is 2.27. The summed E-state index contributed by atoms with van der Waals surface area (Å²) in [5.74, 6) is -0.186. The summed E-state index contributed by atoms with van der Waals surface area (Å²) < 4.78 is 7.23. The predicted molar refractivity (Wildman–Crippen MR) is 64.1 cm³/mol. The Morgan fingerprint density at radius 3 is 2.65 bits per heavy atom. The number of ether oxygens (including phenoxy) is 1. The molecule has 0 radical (unpaired) electrons. The van der Waals surface area contributed by atoms with E-state index in [0.29, 0.717) is 17.5 Å². The summed E-state index contributed by atoms with van der Waals surface area (Å²) in [5, 5.41) is 17.3. The van der Waals surface area contributed by atoms with Gasteiger partial charge in [-0.1, -0.05) is 11.8 Å². The molecule has 0 saturated carbocycles. The van der Waals surface area contributed by atoms with Gasteiger partial charge in [-0.15, -0.1) is 10.2 Å². The van der Waals surface area contributed by atoms with E-state index in [-0.39, 0.29) is 5.75 Å². The molecule has 0 atom stereocenters. The summed E-state index contributed by atoms with van der Waals surface area (Å²) in [6.07, 6.45) is 0. The third kappa shape index (κ3) is 3.19. The molecule has 1 aromatic rings. The predicted octanol–water partition coefficient (Wildman–Crippen LogP) is 1.36. The van der Waals surface area contributed by atoms with Gasteiger partial charge in [0.15, 0.2) is 11.0 Å². The fourth-order valence-electron chi connectivity index (χ4n) is 1.34. The second kappa shape index (κ2) is 5.50. The number of nitrogens with zero attached hydrogens (tertiary/aromatic N) is 3. The summed E-state index contributed by atoms with van der Waals surface area (Å²) >= 11 is 1.16. The highest BCUT2D eigenvalue weighted by Crippen LogP contribution is 2.26. The van der Waals surface area contributed by atoms with Crippen LogP contribution < -0.4 is 0 Å². The van der Waals surface area contributed by atoms with Gasteiger partial charge in [0.25, 0.3) is 0 Å². The second-order valence-electron chi connectivity index (χ2n) is 3.95. The first kappa shape index (κ1) is 14.0. The number of aliphatic carboxylic acids is 1. The van der Waals surface area contributed by atoms with Crippen LogP contribution in [0, 0.1) is 0 Å². The van der Waals surface area contributed by atoms with Crippen molar-refractivity contribution in [3.05, 3.63) is 5.82 Å². The van der Waals surface area contributed by atoms with Gasteiger partial charge < -0.3 is 14.4 Å². The fourth-order valence-corrected chi connectivity index (χ4v) is 2.07. The summed E-state index contributed by atoms with van der Waals surface area (Å²) in [7, 11) is 1.61. The maximum Gasteiger partial charge on any atom is 0.313 e. The molecule has 17 heavy (non-hydrogen) atoms. The Bertz CT molecular complexity index is 404. The molecule has 0 aromatic carbocycles.